The van der Waals surface area contributed by atoms with Gasteiger partial charge in [-0.3, -0.25) is 9.59 Å². The minimum absolute atomic E-state index is 0.00394. The molecule has 86 valence electrons. The zero-order chi connectivity index (χ0) is 11.6. The van der Waals surface area contributed by atoms with Crippen LogP contribution in [0.4, 0.5) is 0 Å². The summed E-state index contributed by atoms with van der Waals surface area (Å²) in [6, 6.07) is 0. The van der Waals surface area contributed by atoms with Crippen molar-refractivity contribution in [3.05, 3.63) is 0 Å². The maximum absolute atomic E-state index is 11.9. The lowest BCUT2D eigenvalue weighted by Crippen LogP contribution is -2.38. The van der Waals surface area contributed by atoms with Gasteiger partial charge in [-0.25, -0.2) is 0 Å². The average molecular weight is 213 g/mol. The molecule has 1 aliphatic carbocycles. The topological polar surface area (TPSA) is 57.6 Å². The molecule has 1 N–H and O–H groups in total. The van der Waals surface area contributed by atoms with Crippen LogP contribution in [0, 0.1) is 11.3 Å². The number of carboxylic acid groups (broad SMARTS) is 1. The molecular weight excluding hydrogens is 194 g/mol. The third-order valence-corrected chi connectivity index (χ3v) is 2.94. The Morgan fingerprint density at radius 3 is 2.33 bits per heavy atom. The molecule has 0 heterocycles. The summed E-state index contributed by atoms with van der Waals surface area (Å²) in [5, 5.41) is 8.70. The summed E-state index contributed by atoms with van der Waals surface area (Å²) in [7, 11) is 0. The van der Waals surface area contributed by atoms with Gasteiger partial charge in [0, 0.05) is 12.5 Å². The normalized spacial score (nSPS) is 22.2. The molecule has 0 aliphatic heterocycles. The van der Waals surface area contributed by atoms with Gasteiger partial charge in [-0.05, 0) is 18.3 Å². The molecule has 0 aromatic rings. The maximum atomic E-state index is 11.9. The van der Waals surface area contributed by atoms with E-state index in [1.54, 1.807) is 0 Å². The van der Waals surface area contributed by atoms with Gasteiger partial charge >= 0.3 is 5.97 Å². The number of nitrogens with zero attached hydrogens (tertiary/aromatic N) is 1. The van der Waals surface area contributed by atoms with Crippen molar-refractivity contribution in [3.8, 4) is 0 Å². The van der Waals surface area contributed by atoms with E-state index in [1.807, 2.05) is 20.8 Å². The van der Waals surface area contributed by atoms with E-state index in [9.17, 15) is 9.59 Å². The minimum atomic E-state index is -0.935. The molecule has 15 heavy (non-hydrogen) atoms. The lowest BCUT2D eigenvalue weighted by molar-refractivity contribution is -0.145. The predicted molar refractivity (Wildman–Crippen MR) is 56.4 cm³/mol. The fraction of sp³-hybridized carbons (Fsp3) is 0.818. The van der Waals surface area contributed by atoms with Crippen molar-refractivity contribution < 1.29 is 14.7 Å². The van der Waals surface area contributed by atoms with Gasteiger partial charge in [0.1, 0.15) is 6.54 Å². The van der Waals surface area contributed by atoms with Crippen LogP contribution in [-0.2, 0) is 9.59 Å². The van der Waals surface area contributed by atoms with Crippen LogP contribution in [-0.4, -0.2) is 35.0 Å². The molecule has 1 saturated carbocycles. The SMILES string of the molecule is CCCN(CC(=O)O)C(=O)[C@H]1CC1(C)C. The number of hydrogen-bond acceptors (Lipinski definition) is 2. The molecule has 0 spiro atoms. The van der Waals surface area contributed by atoms with Gasteiger partial charge in [-0.15, -0.1) is 0 Å². The van der Waals surface area contributed by atoms with E-state index in [1.165, 1.54) is 4.90 Å². The molecule has 1 fully saturated rings. The first-order valence-corrected chi connectivity index (χ1v) is 5.39. The zero-order valence-corrected chi connectivity index (χ0v) is 9.62. The Morgan fingerprint density at radius 1 is 1.47 bits per heavy atom. The van der Waals surface area contributed by atoms with Crippen LogP contribution < -0.4 is 0 Å². The van der Waals surface area contributed by atoms with Crippen molar-refractivity contribution >= 4 is 11.9 Å². The lowest BCUT2D eigenvalue weighted by atomic mass is 10.1. The molecule has 0 aromatic heterocycles. The standard InChI is InChI=1S/C11H19NO3/c1-4-5-12(7-9(13)14)10(15)8-6-11(8,2)3/h8H,4-7H2,1-3H3,(H,13,14)/t8-/m1/s1. The van der Waals surface area contributed by atoms with E-state index in [4.69, 9.17) is 5.11 Å². The van der Waals surface area contributed by atoms with E-state index >= 15 is 0 Å². The van der Waals surface area contributed by atoms with Gasteiger partial charge < -0.3 is 10.0 Å². The lowest BCUT2D eigenvalue weighted by Gasteiger charge is -2.20. The Kier molecular flexibility index (Phi) is 3.37. The molecule has 0 radical (unpaired) electrons. The largest absolute Gasteiger partial charge is 0.480 e. The van der Waals surface area contributed by atoms with Crippen LogP contribution in [0.1, 0.15) is 33.6 Å². The van der Waals surface area contributed by atoms with E-state index in [2.05, 4.69) is 0 Å². The van der Waals surface area contributed by atoms with Crippen molar-refractivity contribution in [1.29, 1.82) is 0 Å². The molecule has 0 aromatic carbocycles. The molecular formula is C11H19NO3. The first kappa shape index (κ1) is 12.0. The number of carbonyl (C=O) groups is 2. The van der Waals surface area contributed by atoms with Crippen LogP contribution in [0.15, 0.2) is 0 Å². The highest BCUT2D eigenvalue weighted by Crippen LogP contribution is 2.52. The van der Waals surface area contributed by atoms with Crippen molar-refractivity contribution in [2.24, 2.45) is 11.3 Å². The highest BCUT2D eigenvalue weighted by molar-refractivity contribution is 5.85. The second-order valence-electron chi connectivity index (χ2n) is 4.90. The highest BCUT2D eigenvalue weighted by Gasteiger charge is 2.51. The molecule has 0 saturated heterocycles. The molecule has 1 amide bonds. The molecule has 1 atom stereocenters. The summed E-state index contributed by atoms with van der Waals surface area (Å²) in [5.41, 5.74) is 0.0710. The molecule has 4 nitrogen and oxygen atoms in total. The van der Waals surface area contributed by atoms with Crippen LogP contribution in [0.2, 0.25) is 0 Å². The van der Waals surface area contributed by atoms with Crippen LogP contribution in [0.25, 0.3) is 0 Å². The summed E-state index contributed by atoms with van der Waals surface area (Å²) in [4.78, 5) is 24.0. The van der Waals surface area contributed by atoms with Gasteiger partial charge in [-0.1, -0.05) is 20.8 Å². The highest BCUT2D eigenvalue weighted by atomic mass is 16.4. The van der Waals surface area contributed by atoms with Gasteiger partial charge in [0.15, 0.2) is 0 Å². The molecule has 0 bridgehead atoms. The van der Waals surface area contributed by atoms with Crippen molar-refractivity contribution in [1.82, 2.24) is 4.90 Å². The van der Waals surface area contributed by atoms with E-state index in [-0.39, 0.29) is 23.8 Å². The van der Waals surface area contributed by atoms with Gasteiger partial charge in [0.2, 0.25) is 5.91 Å². The molecule has 0 unspecified atom stereocenters. The number of carbonyl (C=O) groups excluding carboxylic acids is 1. The second kappa shape index (κ2) is 4.21. The fourth-order valence-electron chi connectivity index (χ4n) is 1.81. The molecule has 4 heteroatoms. The van der Waals surface area contributed by atoms with E-state index in [0.717, 1.165) is 12.8 Å². The maximum Gasteiger partial charge on any atom is 0.323 e. The summed E-state index contributed by atoms with van der Waals surface area (Å²) < 4.78 is 0. The monoisotopic (exact) mass is 213 g/mol. The third-order valence-electron chi connectivity index (χ3n) is 2.94. The molecule has 1 rings (SSSR count). The first-order chi connectivity index (χ1) is 6.88. The summed E-state index contributed by atoms with van der Waals surface area (Å²) in [6.45, 7) is 6.40. The Hall–Kier alpha value is -1.06. The average Bonchev–Trinajstić information content (AvgIpc) is 2.72. The van der Waals surface area contributed by atoms with Crippen LogP contribution in [0.3, 0.4) is 0 Å². The smallest absolute Gasteiger partial charge is 0.323 e. The number of amides is 1. The minimum Gasteiger partial charge on any atom is -0.480 e. The van der Waals surface area contributed by atoms with Crippen LogP contribution >= 0.6 is 0 Å². The zero-order valence-electron chi connectivity index (χ0n) is 9.62. The van der Waals surface area contributed by atoms with Crippen molar-refractivity contribution in [2.45, 2.75) is 33.6 Å². The summed E-state index contributed by atoms with van der Waals surface area (Å²) in [5.74, 6) is -0.900. The Balaban J connectivity index is 2.56. The Bertz CT molecular complexity index is 273. The van der Waals surface area contributed by atoms with Gasteiger partial charge in [-0.2, -0.15) is 0 Å². The van der Waals surface area contributed by atoms with E-state index < -0.39 is 5.97 Å². The van der Waals surface area contributed by atoms with Crippen molar-refractivity contribution in [2.75, 3.05) is 13.1 Å². The summed E-state index contributed by atoms with van der Waals surface area (Å²) >= 11 is 0. The molecule has 1 aliphatic rings. The predicted octanol–water partition coefficient (Wildman–Crippen LogP) is 1.36. The summed E-state index contributed by atoms with van der Waals surface area (Å²) in [6.07, 6.45) is 1.68. The number of aliphatic carboxylic acids is 1. The Labute approximate surface area is 90.3 Å². The van der Waals surface area contributed by atoms with Gasteiger partial charge in [0.25, 0.3) is 0 Å². The third kappa shape index (κ3) is 2.94. The van der Waals surface area contributed by atoms with Crippen LogP contribution in [0.5, 0.6) is 0 Å². The Morgan fingerprint density at radius 2 is 2.00 bits per heavy atom. The number of hydrogen-bond donors (Lipinski definition) is 1. The van der Waals surface area contributed by atoms with Crippen molar-refractivity contribution in [3.63, 3.8) is 0 Å². The quantitative estimate of drug-likeness (QED) is 0.750. The number of rotatable bonds is 5. The number of carboxylic acids is 1. The fourth-order valence-corrected chi connectivity index (χ4v) is 1.81. The first-order valence-electron chi connectivity index (χ1n) is 5.39. The van der Waals surface area contributed by atoms with E-state index in [0.29, 0.717) is 6.54 Å². The second-order valence-corrected chi connectivity index (χ2v) is 4.90. The van der Waals surface area contributed by atoms with Gasteiger partial charge in [0.05, 0.1) is 0 Å².